The molecule has 5 nitrogen and oxygen atoms in total. The minimum absolute atomic E-state index is 0.121. The second kappa shape index (κ2) is 7.47. The lowest BCUT2D eigenvalue weighted by molar-refractivity contribution is -0.115. The van der Waals surface area contributed by atoms with E-state index in [1.807, 2.05) is 24.3 Å². The number of benzene rings is 2. The molecule has 2 aromatic carbocycles. The van der Waals surface area contributed by atoms with Crippen LogP contribution in [0.1, 0.15) is 18.9 Å². The Bertz CT molecular complexity index is 1070. The third-order valence-electron chi connectivity index (χ3n) is 3.97. The van der Waals surface area contributed by atoms with Crippen molar-refractivity contribution in [3.05, 3.63) is 48.2 Å². The molecule has 0 aliphatic heterocycles. The van der Waals surface area contributed by atoms with Crippen molar-refractivity contribution >= 4 is 55.9 Å². The van der Waals surface area contributed by atoms with Crippen molar-refractivity contribution in [1.29, 1.82) is 0 Å². The summed E-state index contributed by atoms with van der Waals surface area (Å²) < 4.78 is 6.52. The molecule has 0 spiro atoms. The Balaban J connectivity index is 1.54. The number of furan rings is 1. The Morgan fingerprint density at radius 3 is 3.00 bits per heavy atom. The van der Waals surface area contributed by atoms with Crippen LogP contribution in [0.15, 0.2) is 51.4 Å². The molecule has 0 saturated carbocycles. The molecule has 2 heterocycles. The highest BCUT2D eigenvalue weighted by molar-refractivity contribution is 8.01. The Morgan fingerprint density at radius 2 is 2.12 bits per heavy atom. The van der Waals surface area contributed by atoms with Crippen molar-refractivity contribution in [1.82, 2.24) is 10.2 Å². The van der Waals surface area contributed by atoms with Gasteiger partial charge in [0.15, 0.2) is 4.34 Å². The van der Waals surface area contributed by atoms with E-state index in [0.717, 1.165) is 43.8 Å². The lowest BCUT2D eigenvalue weighted by atomic mass is 10.0. The van der Waals surface area contributed by atoms with Gasteiger partial charge in [0.05, 0.1) is 12.7 Å². The number of anilines is 1. The van der Waals surface area contributed by atoms with Crippen molar-refractivity contribution in [2.45, 2.75) is 24.1 Å². The lowest BCUT2D eigenvalue weighted by Gasteiger charge is -2.02. The molecule has 132 valence electrons. The molecule has 4 aromatic rings. The van der Waals surface area contributed by atoms with Crippen LogP contribution < -0.4 is 5.32 Å². The predicted molar refractivity (Wildman–Crippen MR) is 107 cm³/mol. The zero-order chi connectivity index (χ0) is 17.9. The van der Waals surface area contributed by atoms with Crippen molar-refractivity contribution in [2.24, 2.45) is 0 Å². The van der Waals surface area contributed by atoms with Crippen LogP contribution in [-0.4, -0.2) is 21.9 Å². The summed E-state index contributed by atoms with van der Waals surface area (Å²) >= 11 is 3.06. The topological polar surface area (TPSA) is 68.0 Å². The number of nitrogens with one attached hydrogen (secondary N) is 1. The minimum atomic E-state index is -0.121. The molecule has 0 unspecified atom stereocenters. The van der Waals surface area contributed by atoms with E-state index in [9.17, 15) is 4.79 Å². The molecule has 1 N–H and O–H groups in total. The Hall–Kier alpha value is -2.38. The zero-order valence-electron chi connectivity index (χ0n) is 14.2. The van der Waals surface area contributed by atoms with E-state index in [0.29, 0.717) is 5.13 Å². The number of carbonyl (C=O) groups excluding carboxylic acids is 1. The summed E-state index contributed by atoms with van der Waals surface area (Å²) in [6.07, 6.45) is 2.98. The fourth-order valence-corrected chi connectivity index (χ4v) is 4.54. The summed E-state index contributed by atoms with van der Waals surface area (Å²) in [5.74, 6) is 0.875. The molecule has 4 rings (SSSR count). The van der Waals surface area contributed by atoms with Gasteiger partial charge in [0.25, 0.3) is 0 Å². The molecule has 2 aromatic heterocycles. The van der Waals surface area contributed by atoms with Gasteiger partial charge in [-0.05, 0) is 23.3 Å². The maximum atomic E-state index is 12.5. The first-order valence-corrected chi connectivity index (χ1v) is 10.2. The lowest BCUT2D eigenvalue weighted by Crippen LogP contribution is -2.14. The van der Waals surface area contributed by atoms with Crippen LogP contribution in [0, 0.1) is 0 Å². The van der Waals surface area contributed by atoms with Crippen LogP contribution in [0.3, 0.4) is 0 Å². The monoisotopic (exact) mass is 383 g/mol. The van der Waals surface area contributed by atoms with Crippen LogP contribution >= 0.6 is 23.1 Å². The van der Waals surface area contributed by atoms with Crippen LogP contribution in [0.25, 0.3) is 21.7 Å². The number of aromatic nitrogens is 2. The SMILES string of the molecule is CCCSc1nnc(NC(=O)Cc2coc3ccc4ccccc4c23)s1. The normalized spacial score (nSPS) is 11.3. The highest BCUT2D eigenvalue weighted by atomic mass is 32.2. The summed E-state index contributed by atoms with van der Waals surface area (Å²) in [7, 11) is 0. The number of nitrogens with zero attached hydrogens (tertiary/aromatic N) is 2. The molecule has 26 heavy (non-hydrogen) atoms. The molecule has 0 atom stereocenters. The van der Waals surface area contributed by atoms with Gasteiger partial charge in [0.1, 0.15) is 5.58 Å². The number of thioether (sulfide) groups is 1. The van der Waals surface area contributed by atoms with Crippen molar-refractivity contribution in [2.75, 3.05) is 11.1 Å². The molecular formula is C19H17N3O2S2. The summed E-state index contributed by atoms with van der Waals surface area (Å²) in [5.41, 5.74) is 1.67. The average Bonchev–Trinajstić information content (AvgIpc) is 3.27. The number of hydrogen-bond acceptors (Lipinski definition) is 6. The first-order valence-electron chi connectivity index (χ1n) is 8.38. The van der Waals surface area contributed by atoms with Crippen LogP contribution in [0.5, 0.6) is 0 Å². The predicted octanol–water partition coefficient (Wildman–Crippen LogP) is 5.12. The van der Waals surface area contributed by atoms with E-state index in [1.165, 1.54) is 11.3 Å². The fourth-order valence-electron chi connectivity index (χ4n) is 2.85. The van der Waals surface area contributed by atoms with E-state index in [-0.39, 0.29) is 12.3 Å². The number of rotatable bonds is 6. The summed E-state index contributed by atoms with van der Waals surface area (Å²) in [6.45, 7) is 2.12. The number of carbonyl (C=O) groups is 1. The van der Waals surface area contributed by atoms with Gasteiger partial charge >= 0.3 is 0 Å². The quantitative estimate of drug-likeness (QED) is 0.370. The maximum absolute atomic E-state index is 12.5. The van der Waals surface area contributed by atoms with E-state index in [1.54, 1.807) is 18.0 Å². The third kappa shape index (κ3) is 3.45. The van der Waals surface area contributed by atoms with Gasteiger partial charge in [0.2, 0.25) is 11.0 Å². The number of fused-ring (bicyclic) bond motifs is 3. The van der Waals surface area contributed by atoms with Crippen LogP contribution in [-0.2, 0) is 11.2 Å². The highest BCUT2D eigenvalue weighted by Crippen LogP contribution is 2.30. The van der Waals surface area contributed by atoms with E-state index < -0.39 is 0 Å². The van der Waals surface area contributed by atoms with Crippen LogP contribution in [0.2, 0.25) is 0 Å². The molecule has 7 heteroatoms. The smallest absolute Gasteiger partial charge is 0.230 e. The molecule has 0 aliphatic rings. The van der Waals surface area contributed by atoms with Gasteiger partial charge in [-0.3, -0.25) is 4.79 Å². The van der Waals surface area contributed by atoms with Gasteiger partial charge in [-0.1, -0.05) is 60.4 Å². The van der Waals surface area contributed by atoms with Gasteiger partial charge in [-0.15, -0.1) is 10.2 Å². The fraction of sp³-hybridized carbons (Fsp3) is 0.211. The highest BCUT2D eigenvalue weighted by Gasteiger charge is 2.15. The van der Waals surface area contributed by atoms with E-state index in [4.69, 9.17) is 4.42 Å². The molecule has 0 bridgehead atoms. The van der Waals surface area contributed by atoms with E-state index >= 15 is 0 Å². The van der Waals surface area contributed by atoms with Crippen molar-refractivity contribution in [3.8, 4) is 0 Å². The summed E-state index contributed by atoms with van der Waals surface area (Å²) in [5, 5.41) is 14.7. The summed E-state index contributed by atoms with van der Waals surface area (Å²) in [4.78, 5) is 12.5. The third-order valence-corrected chi connectivity index (χ3v) is 6.15. The number of amides is 1. The Kier molecular flexibility index (Phi) is 4.90. The first-order chi connectivity index (χ1) is 12.7. The van der Waals surface area contributed by atoms with Gasteiger partial charge in [-0.2, -0.15) is 0 Å². The van der Waals surface area contributed by atoms with Crippen molar-refractivity contribution < 1.29 is 9.21 Å². The largest absolute Gasteiger partial charge is 0.464 e. The second-order valence-corrected chi connectivity index (χ2v) is 8.19. The summed E-state index contributed by atoms with van der Waals surface area (Å²) in [6, 6.07) is 12.1. The van der Waals surface area contributed by atoms with Crippen molar-refractivity contribution in [3.63, 3.8) is 0 Å². The minimum Gasteiger partial charge on any atom is -0.464 e. The van der Waals surface area contributed by atoms with E-state index in [2.05, 4.69) is 34.6 Å². The van der Waals surface area contributed by atoms with Crippen LogP contribution in [0.4, 0.5) is 5.13 Å². The number of hydrogen-bond donors (Lipinski definition) is 1. The first kappa shape index (κ1) is 17.1. The molecule has 1 amide bonds. The van der Waals surface area contributed by atoms with Gasteiger partial charge in [0, 0.05) is 16.7 Å². The molecule has 0 radical (unpaired) electrons. The van der Waals surface area contributed by atoms with Gasteiger partial charge < -0.3 is 9.73 Å². The maximum Gasteiger partial charge on any atom is 0.230 e. The molecule has 0 fully saturated rings. The second-order valence-electron chi connectivity index (χ2n) is 5.87. The van der Waals surface area contributed by atoms with Gasteiger partial charge in [-0.25, -0.2) is 0 Å². The standard InChI is InChI=1S/C19H17N3O2S2/c1-2-9-25-19-22-21-18(26-19)20-16(23)10-13-11-24-15-8-7-12-5-3-4-6-14(12)17(13)15/h3-8,11H,2,9-10H2,1H3,(H,20,21,23). The molecule has 0 aliphatic carbocycles. The Morgan fingerprint density at radius 1 is 1.23 bits per heavy atom. The molecular weight excluding hydrogens is 366 g/mol. The average molecular weight is 383 g/mol. The Labute approximate surface area is 158 Å². The molecule has 0 saturated heterocycles. The zero-order valence-corrected chi connectivity index (χ0v) is 15.8.